The third kappa shape index (κ3) is 1.98. The molecule has 0 spiro atoms. The van der Waals surface area contributed by atoms with Crippen LogP contribution in [0.1, 0.15) is 21.0 Å². The standard InChI is InChI=1S/C7H7N3O3/c1-8-6(11)4-2-5(7(12)13)10-3-9-4/h2-3H,1H3,(H,8,11)(H,12,13). The van der Waals surface area contributed by atoms with Crippen molar-refractivity contribution in [2.24, 2.45) is 0 Å². The minimum Gasteiger partial charge on any atom is -0.477 e. The molecule has 2 N–H and O–H groups in total. The van der Waals surface area contributed by atoms with Crippen LogP contribution in [0.4, 0.5) is 0 Å². The zero-order valence-electron chi connectivity index (χ0n) is 6.81. The van der Waals surface area contributed by atoms with Gasteiger partial charge in [-0.3, -0.25) is 4.79 Å². The Hall–Kier alpha value is -1.98. The van der Waals surface area contributed by atoms with Crippen LogP contribution in [0.15, 0.2) is 12.4 Å². The lowest BCUT2D eigenvalue weighted by Gasteiger charge is -1.98. The van der Waals surface area contributed by atoms with Gasteiger partial charge in [0.05, 0.1) is 0 Å². The van der Waals surface area contributed by atoms with E-state index in [-0.39, 0.29) is 11.4 Å². The highest BCUT2D eigenvalue weighted by atomic mass is 16.4. The van der Waals surface area contributed by atoms with E-state index in [1.54, 1.807) is 0 Å². The number of aromatic carboxylic acids is 1. The molecular formula is C7H7N3O3. The highest BCUT2D eigenvalue weighted by Gasteiger charge is 2.09. The molecule has 0 bridgehead atoms. The summed E-state index contributed by atoms with van der Waals surface area (Å²) in [5.41, 5.74) is -0.163. The van der Waals surface area contributed by atoms with Gasteiger partial charge in [-0.1, -0.05) is 0 Å². The quantitative estimate of drug-likeness (QED) is 0.643. The van der Waals surface area contributed by atoms with E-state index in [0.29, 0.717) is 0 Å². The molecule has 0 aromatic carbocycles. The zero-order valence-corrected chi connectivity index (χ0v) is 6.81. The van der Waals surface area contributed by atoms with Crippen LogP contribution >= 0.6 is 0 Å². The largest absolute Gasteiger partial charge is 0.477 e. The summed E-state index contributed by atoms with van der Waals surface area (Å²) in [5.74, 6) is -1.63. The topological polar surface area (TPSA) is 92.2 Å². The van der Waals surface area contributed by atoms with Crippen molar-refractivity contribution in [3.05, 3.63) is 23.8 Å². The fourth-order valence-electron chi connectivity index (χ4n) is 0.727. The number of carboxylic acids is 1. The van der Waals surface area contributed by atoms with Crippen molar-refractivity contribution in [1.29, 1.82) is 0 Å². The van der Waals surface area contributed by atoms with Crippen molar-refractivity contribution >= 4 is 11.9 Å². The first-order chi connectivity index (χ1) is 6.15. The van der Waals surface area contributed by atoms with E-state index in [1.807, 2.05) is 0 Å². The van der Waals surface area contributed by atoms with Crippen LogP contribution in [0.25, 0.3) is 0 Å². The molecule has 1 amide bonds. The monoisotopic (exact) mass is 181 g/mol. The Bertz CT molecular complexity index is 351. The first kappa shape index (κ1) is 9.11. The van der Waals surface area contributed by atoms with Crippen LogP contribution in [0.5, 0.6) is 0 Å². The molecule has 0 unspecified atom stereocenters. The summed E-state index contributed by atoms with van der Waals surface area (Å²) >= 11 is 0. The third-order valence-electron chi connectivity index (χ3n) is 1.35. The molecule has 1 heterocycles. The van der Waals surface area contributed by atoms with Crippen LogP contribution in [0, 0.1) is 0 Å². The number of nitrogens with zero attached hydrogens (tertiary/aromatic N) is 2. The van der Waals surface area contributed by atoms with Crippen molar-refractivity contribution < 1.29 is 14.7 Å². The van der Waals surface area contributed by atoms with Gasteiger partial charge in [0.2, 0.25) is 0 Å². The van der Waals surface area contributed by atoms with Gasteiger partial charge < -0.3 is 10.4 Å². The number of aromatic nitrogens is 2. The second-order valence-corrected chi connectivity index (χ2v) is 2.17. The fraction of sp³-hybridized carbons (Fsp3) is 0.143. The van der Waals surface area contributed by atoms with Gasteiger partial charge >= 0.3 is 5.97 Å². The summed E-state index contributed by atoms with van der Waals surface area (Å²) in [6, 6.07) is 1.11. The predicted molar refractivity (Wildman–Crippen MR) is 42.4 cm³/mol. The third-order valence-corrected chi connectivity index (χ3v) is 1.35. The van der Waals surface area contributed by atoms with Crippen LogP contribution in [0.3, 0.4) is 0 Å². The van der Waals surface area contributed by atoms with Crippen LogP contribution in [-0.2, 0) is 0 Å². The SMILES string of the molecule is CNC(=O)c1cc(C(=O)O)ncn1. The Kier molecular flexibility index (Phi) is 2.53. The molecule has 0 aliphatic rings. The summed E-state index contributed by atoms with van der Waals surface area (Å²) in [6.45, 7) is 0. The lowest BCUT2D eigenvalue weighted by atomic mass is 10.3. The molecule has 0 radical (unpaired) electrons. The van der Waals surface area contributed by atoms with Crippen molar-refractivity contribution in [3.8, 4) is 0 Å². The van der Waals surface area contributed by atoms with Gasteiger partial charge in [-0.25, -0.2) is 14.8 Å². The molecule has 0 fully saturated rings. The normalized spacial score (nSPS) is 9.31. The molecule has 1 aromatic heterocycles. The molecule has 0 saturated carbocycles. The highest BCUT2D eigenvalue weighted by Crippen LogP contribution is 1.97. The van der Waals surface area contributed by atoms with Gasteiger partial charge in [0.1, 0.15) is 12.0 Å². The number of hydrogen-bond donors (Lipinski definition) is 2. The van der Waals surface area contributed by atoms with E-state index in [4.69, 9.17) is 5.11 Å². The maximum absolute atomic E-state index is 11.0. The lowest BCUT2D eigenvalue weighted by Crippen LogP contribution is -2.20. The van der Waals surface area contributed by atoms with E-state index < -0.39 is 11.9 Å². The molecule has 0 aliphatic carbocycles. The van der Waals surface area contributed by atoms with Crippen molar-refractivity contribution in [1.82, 2.24) is 15.3 Å². The second-order valence-electron chi connectivity index (χ2n) is 2.17. The van der Waals surface area contributed by atoms with E-state index in [1.165, 1.54) is 7.05 Å². The minimum atomic E-state index is -1.19. The number of rotatable bonds is 2. The highest BCUT2D eigenvalue weighted by molar-refractivity contribution is 5.94. The number of nitrogens with one attached hydrogen (secondary N) is 1. The molecule has 13 heavy (non-hydrogen) atoms. The Balaban J connectivity index is 3.05. The van der Waals surface area contributed by atoms with E-state index in [2.05, 4.69) is 15.3 Å². The fourth-order valence-corrected chi connectivity index (χ4v) is 0.727. The maximum atomic E-state index is 11.0. The minimum absolute atomic E-state index is 0.0369. The van der Waals surface area contributed by atoms with Crippen molar-refractivity contribution in [3.63, 3.8) is 0 Å². The summed E-state index contributed by atoms with van der Waals surface area (Å²) in [5, 5.41) is 10.9. The second kappa shape index (κ2) is 3.61. The zero-order chi connectivity index (χ0) is 9.84. The lowest BCUT2D eigenvalue weighted by molar-refractivity contribution is 0.0690. The van der Waals surface area contributed by atoms with E-state index in [0.717, 1.165) is 12.4 Å². The van der Waals surface area contributed by atoms with Gasteiger partial charge in [-0.15, -0.1) is 0 Å². The van der Waals surface area contributed by atoms with Crippen LogP contribution in [0.2, 0.25) is 0 Å². The number of carboxylic acid groups (broad SMARTS) is 1. The van der Waals surface area contributed by atoms with Crippen molar-refractivity contribution in [2.75, 3.05) is 7.05 Å². The first-order valence-corrected chi connectivity index (χ1v) is 3.42. The Morgan fingerprint density at radius 1 is 1.38 bits per heavy atom. The number of hydrogen-bond acceptors (Lipinski definition) is 4. The van der Waals surface area contributed by atoms with Gasteiger partial charge in [-0.05, 0) is 0 Å². The molecule has 6 heteroatoms. The summed E-state index contributed by atoms with van der Waals surface area (Å²) < 4.78 is 0. The number of amides is 1. The average Bonchev–Trinajstić information content (AvgIpc) is 2.17. The average molecular weight is 181 g/mol. The van der Waals surface area contributed by atoms with Gasteiger partial charge in [-0.2, -0.15) is 0 Å². The summed E-state index contributed by atoms with van der Waals surface area (Å²) in [7, 11) is 1.44. The molecule has 0 saturated heterocycles. The summed E-state index contributed by atoms with van der Waals surface area (Å²) in [6.07, 6.45) is 1.04. The number of carbonyl (C=O) groups excluding carboxylic acids is 1. The molecule has 0 atom stereocenters. The van der Waals surface area contributed by atoms with Crippen molar-refractivity contribution in [2.45, 2.75) is 0 Å². The molecule has 1 aromatic rings. The molecule has 6 nitrogen and oxygen atoms in total. The maximum Gasteiger partial charge on any atom is 0.354 e. The number of carbonyl (C=O) groups is 2. The van der Waals surface area contributed by atoms with Gasteiger partial charge in [0, 0.05) is 13.1 Å². The molecule has 1 rings (SSSR count). The van der Waals surface area contributed by atoms with Gasteiger partial charge in [0.15, 0.2) is 5.69 Å². The smallest absolute Gasteiger partial charge is 0.354 e. The Labute approximate surface area is 73.6 Å². The summed E-state index contributed by atoms with van der Waals surface area (Å²) in [4.78, 5) is 28.5. The molecule has 68 valence electrons. The Morgan fingerprint density at radius 3 is 2.54 bits per heavy atom. The van der Waals surface area contributed by atoms with Crippen LogP contribution < -0.4 is 5.32 Å². The van der Waals surface area contributed by atoms with Gasteiger partial charge in [0.25, 0.3) is 5.91 Å². The predicted octanol–water partition coefficient (Wildman–Crippen LogP) is -0.466. The molecular weight excluding hydrogens is 174 g/mol. The van der Waals surface area contributed by atoms with E-state index >= 15 is 0 Å². The first-order valence-electron chi connectivity index (χ1n) is 3.42. The molecule has 0 aliphatic heterocycles. The van der Waals surface area contributed by atoms with Crippen LogP contribution in [-0.4, -0.2) is 34.0 Å². The Morgan fingerprint density at radius 2 is 2.00 bits per heavy atom. The van der Waals surface area contributed by atoms with E-state index in [9.17, 15) is 9.59 Å².